The van der Waals surface area contributed by atoms with E-state index < -0.39 is 0 Å². The van der Waals surface area contributed by atoms with Gasteiger partial charge in [0.1, 0.15) is 4.83 Å². The zero-order valence-electron chi connectivity index (χ0n) is 12.2. The highest BCUT2D eigenvalue weighted by molar-refractivity contribution is 7.17. The Bertz CT molecular complexity index is 1160. The van der Waals surface area contributed by atoms with Crippen molar-refractivity contribution in [2.24, 2.45) is 0 Å². The number of pyridine rings is 1. The number of benzene rings is 1. The highest BCUT2D eigenvalue weighted by Crippen LogP contribution is 2.31. The largest absolute Gasteiger partial charge is 0.319 e. The summed E-state index contributed by atoms with van der Waals surface area (Å²) in [4.78, 5) is 34.5. The first-order chi connectivity index (χ1) is 11.6. The van der Waals surface area contributed by atoms with Crippen molar-refractivity contribution in [1.82, 2.24) is 15.0 Å². The molecule has 118 valence electrons. The Balaban J connectivity index is 1.91. The van der Waals surface area contributed by atoms with E-state index in [2.05, 4.69) is 15.0 Å². The topological polar surface area (TPSA) is 78.6 Å². The molecule has 0 radical (unpaired) electrons. The minimum atomic E-state index is -0.247. The molecule has 0 atom stereocenters. The van der Waals surface area contributed by atoms with Crippen molar-refractivity contribution in [1.29, 1.82) is 0 Å². The van der Waals surface area contributed by atoms with Gasteiger partial charge in [-0.25, -0.2) is 4.98 Å². The van der Waals surface area contributed by atoms with E-state index in [1.165, 1.54) is 17.4 Å². The molecule has 3 aromatic heterocycles. The van der Waals surface area contributed by atoms with Crippen molar-refractivity contribution < 1.29 is 0 Å². The summed E-state index contributed by atoms with van der Waals surface area (Å²) in [6, 6.07) is 12.0. The van der Waals surface area contributed by atoms with Gasteiger partial charge in [0.2, 0.25) is 5.56 Å². The second kappa shape index (κ2) is 5.74. The molecule has 0 amide bonds. The summed E-state index contributed by atoms with van der Waals surface area (Å²) in [7, 11) is 0. The number of aromatic amines is 2. The number of hydrogen-bond donors (Lipinski definition) is 2. The zero-order chi connectivity index (χ0) is 16.7. The van der Waals surface area contributed by atoms with Gasteiger partial charge in [0.05, 0.1) is 11.1 Å². The second-order valence-electron chi connectivity index (χ2n) is 5.18. The van der Waals surface area contributed by atoms with Crippen LogP contribution in [0.3, 0.4) is 0 Å². The summed E-state index contributed by atoms with van der Waals surface area (Å²) in [6.45, 7) is 0. The smallest absolute Gasteiger partial charge is 0.260 e. The Morgan fingerprint density at radius 1 is 1.00 bits per heavy atom. The maximum Gasteiger partial charge on any atom is 0.260 e. The van der Waals surface area contributed by atoms with Crippen molar-refractivity contribution in [3.05, 3.63) is 73.6 Å². The van der Waals surface area contributed by atoms with E-state index in [9.17, 15) is 9.59 Å². The SMILES string of the molecule is O=c1cccc(-c2nc3scc(-c4ccc(Cl)cc4)c3c(=O)[nH]2)[nH]1. The summed E-state index contributed by atoms with van der Waals surface area (Å²) in [5, 5.41) is 3.07. The van der Waals surface area contributed by atoms with Crippen molar-refractivity contribution in [2.45, 2.75) is 0 Å². The quantitative estimate of drug-likeness (QED) is 0.576. The van der Waals surface area contributed by atoms with Crippen LogP contribution in [0.1, 0.15) is 0 Å². The molecule has 0 aliphatic carbocycles. The normalized spacial score (nSPS) is 11.0. The third-order valence-electron chi connectivity index (χ3n) is 3.62. The van der Waals surface area contributed by atoms with Gasteiger partial charge in [-0.2, -0.15) is 0 Å². The highest BCUT2D eigenvalue weighted by Gasteiger charge is 2.14. The maximum absolute atomic E-state index is 12.6. The fraction of sp³-hybridized carbons (Fsp3) is 0. The first kappa shape index (κ1) is 14.9. The van der Waals surface area contributed by atoms with E-state index >= 15 is 0 Å². The molecule has 0 saturated heterocycles. The zero-order valence-corrected chi connectivity index (χ0v) is 13.7. The minimum absolute atomic E-state index is 0.245. The van der Waals surface area contributed by atoms with Gasteiger partial charge < -0.3 is 9.97 Å². The third kappa shape index (κ3) is 2.55. The van der Waals surface area contributed by atoms with Crippen LogP contribution >= 0.6 is 22.9 Å². The molecule has 0 aliphatic rings. The van der Waals surface area contributed by atoms with Crippen LogP contribution in [0.25, 0.3) is 32.9 Å². The number of H-pyrrole nitrogens is 2. The van der Waals surface area contributed by atoms with E-state index in [0.717, 1.165) is 11.1 Å². The Kier molecular flexibility index (Phi) is 3.55. The van der Waals surface area contributed by atoms with Gasteiger partial charge in [0, 0.05) is 22.0 Å². The molecule has 4 aromatic rings. The van der Waals surface area contributed by atoms with Gasteiger partial charge in [0.15, 0.2) is 5.82 Å². The van der Waals surface area contributed by atoms with Crippen LogP contribution in [0.4, 0.5) is 0 Å². The number of halogens is 1. The lowest BCUT2D eigenvalue weighted by Gasteiger charge is -2.02. The molecule has 4 rings (SSSR count). The van der Waals surface area contributed by atoms with E-state index in [1.54, 1.807) is 24.3 Å². The summed E-state index contributed by atoms with van der Waals surface area (Å²) < 4.78 is 0. The van der Waals surface area contributed by atoms with Crippen molar-refractivity contribution >= 4 is 33.2 Å². The Morgan fingerprint density at radius 3 is 2.54 bits per heavy atom. The molecule has 5 nitrogen and oxygen atoms in total. The lowest BCUT2D eigenvalue weighted by molar-refractivity contribution is 1.13. The number of hydrogen-bond acceptors (Lipinski definition) is 4. The van der Waals surface area contributed by atoms with Gasteiger partial charge in [-0.05, 0) is 23.8 Å². The first-order valence-corrected chi connectivity index (χ1v) is 8.35. The fourth-order valence-corrected chi connectivity index (χ4v) is 3.58. The predicted octanol–water partition coefficient (Wildman–Crippen LogP) is 3.66. The van der Waals surface area contributed by atoms with Crippen LogP contribution in [-0.2, 0) is 0 Å². The lowest BCUT2D eigenvalue weighted by Crippen LogP contribution is -2.11. The van der Waals surface area contributed by atoms with E-state index in [1.807, 2.05) is 17.5 Å². The van der Waals surface area contributed by atoms with E-state index in [4.69, 9.17) is 11.6 Å². The van der Waals surface area contributed by atoms with Crippen molar-refractivity contribution in [3.63, 3.8) is 0 Å². The molecule has 3 heterocycles. The Hall–Kier alpha value is -2.70. The van der Waals surface area contributed by atoms with Gasteiger partial charge in [-0.3, -0.25) is 9.59 Å². The van der Waals surface area contributed by atoms with Gasteiger partial charge in [-0.15, -0.1) is 11.3 Å². The minimum Gasteiger partial charge on any atom is -0.319 e. The predicted molar refractivity (Wildman–Crippen MR) is 96.7 cm³/mol. The van der Waals surface area contributed by atoms with Crippen LogP contribution in [0, 0.1) is 0 Å². The second-order valence-corrected chi connectivity index (χ2v) is 6.47. The van der Waals surface area contributed by atoms with Crippen molar-refractivity contribution in [2.75, 3.05) is 0 Å². The van der Waals surface area contributed by atoms with Gasteiger partial charge >= 0.3 is 0 Å². The van der Waals surface area contributed by atoms with E-state index in [0.29, 0.717) is 26.8 Å². The average Bonchev–Trinajstić information content (AvgIpc) is 3.00. The summed E-state index contributed by atoms with van der Waals surface area (Å²) in [5.74, 6) is 0.342. The summed E-state index contributed by atoms with van der Waals surface area (Å²) in [5.41, 5.74) is 1.70. The summed E-state index contributed by atoms with van der Waals surface area (Å²) in [6.07, 6.45) is 0. The molecule has 0 spiro atoms. The summed E-state index contributed by atoms with van der Waals surface area (Å²) >= 11 is 7.30. The number of thiophene rings is 1. The molecule has 0 saturated carbocycles. The highest BCUT2D eigenvalue weighted by atomic mass is 35.5. The standard InChI is InChI=1S/C17H10ClN3O2S/c18-10-6-4-9(5-7-10)11-8-24-17-14(11)16(23)20-15(21-17)12-2-1-3-13(22)19-12/h1-8H,(H,19,22)(H,20,21,23). The third-order valence-corrected chi connectivity index (χ3v) is 4.75. The number of nitrogens with one attached hydrogen (secondary N) is 2. The molecular weight excluding hydrogens is 346 g/mol. The number of fused-ring (bicyclic) bond motifs is 1. The number of rotatable bonds is 2. The monoisotopic (exact) mass is 355 g/mol. The molecule has 7 heteroatoms. The van der Waals surface area contributed by atoms with Gasteiger partial charge in [-0.1, -0.05) is 29.8 Å². The number of nitrogens with zero attached hydrogens (tertiary/aromatic N) is 1. The molecular formula is C17H10ClN3O2S. The first-order valence-electron chi connectivity index (χ1n) is 7.09. The lowest BCUT2D eigenvalue weighted by atomic mass is 10.1. The molecule has 0 aliphatic heterocycles. The molecule has 0 bridgehead atoms. The van der Waals surface area contributed by atoms with Crippen LogP contribution in [0.2, 0.25) is 5.02 Å². The maximum atomic E-state index is 12.6. The molecule has 24 heavy (non-hydrogen) atoms. The molecule has 2 N–H and O–H groups in total. The van der Waals surface area contributed by atoms with Gasteiger partial charge in [0.25, 0.3) is 5.56 Å². The average molecular weight is 356 g/mol. The van der Waals surface area contributed by atoms with Crippen LogP contribution in [0.15, 0.2) is 57.4 Å². The van der Waals surface area contributed by atoms with Crippen molar-refractivity contribution in [3.8, 4) is 22.6 Å². The Labute approximate surface area is 144 Å². The molecule has 1 aromatic carbocycles. The van der Waals surface area contributed by atoms with E-state index in [-0.39, 0.29) is 11.1 Å². The Morgan fingerprint density at radius 2 is 1.79 bits per heavy atom. The van der Waals surface area contributed by atoms with Crippen LogP contribution in [0.5, 0.6) is 0 Å². The molecule has 0 fully saturated rings. The molecule has 0 unspecified atom stereocenters. The van der Waals surface area contributed by atoms with Crippen LogP contribution < -0.4 is 11.1 Å². The van der Waals surface area contributed by atoms with Crippen LogP contribution in [-0.4, -0.2) is 15.0 Å². The number of aromatic nitrogens is 3. The fourth-order valence-electron chi connectivity index (χ4n) is 2.50.